The molecule has 0 radical (unpaired) electrons. The number of nitrogens with two attached hydrogens (primary N) is 1. The molecule has 5 heteroatoms. The predicted octanol–water partition coefficient (Wildman–Crippen LogP) is 0.992. The Morgan fingerprint density at radius 3 is 2.41 bits per heavy atom. The van der Waals surface area contributed by atoms with E-state index in [-0.39, 0.29) is 12.3 Å². The lowest BCUT2D eigenvalue weighted by molar-refractivity contribution is 0.100. The third-order valence-corrected chi connectivity index (χ3v) is 2.36. The van der Waals surface area contributed by atoms with Crippen molar-refractivity contribution in [3.05, 3.63) is 23.3 Å². The predicted molar refractivity (Wildman–Crippen MR) is 63.6 cm³/mol. The van der Waals surface area contributed by atoms with Gasteiger partial charge in [0.05, 0.1) is 27.4 Å². The zero-order valence-electron chi connectivity index (χ0n) is 10.3. The normalized spacial score (nSPS) is 10.1. The molecule has 0 atom stereocenters. The Morgan fingerprint density at radius 1 is 1.24 bits per heavy atom. The van der Waals surface area contributed by atoms with Gasteiger partial charge < -0.3 is 19.9 Å². The molecular formula is C12H17NO4. The lowest BCUT2D eigenvalue weighted by Gasteiger charge is -2.14. The molecule has 5 nitrogen and oxygen atoms in total. The number of hydrogen-bond donors (Lipinski definition) is 1. The SMILES string of the molecule is COCc1cc(C(=O)CN)cc(OC)c1OC. The van der Waals surface area contributed by atoms with Crippen LogP contribution in [0.5, 0.6) is 11.5 Å². The van der Waals surface area contributed by atoms with E-state index in [1.165, 1.54) is 7.11 Å². The summed E-state index contributed by atoms with van der Waals surface area (Å²) in [4.78, 5) is 11.6. The van der Waals surface area contributed by atoms with E-state index in [1.54, 1.807) is 26.4 Å². The van der Waals surface area contributed by atoms with Crippen LogP contribution in [0, 0.1) is 0 Å². The Labute approximate surface area is 100 Å². The highest BCUT2D eigenvalue weighted by molar-refractivity contribution is 5.98. The van der Waals surface area contributed by atoms with Crippen LogP contribution in [-0.2, 0) is 11.3 Å². The number of hydrogen-bond acceptors (Lipinski definition) is 5. The fourth-order valence-corrected chi connectivity index (χ4v) is 1.58. The van der Waals surface area contributed by atoms with Gasteiger partial charge in [-0.05, 0) is 12.1 Å². The van der Waals surface area contributed by atoms with E-state index in [4.69, 9.17) is 19.9 Å². The Bertz CT molecular complexity index is 404. The Hall–Kier alpha value is -1.59. The molecule has 1 rings (SSSR count). The first kappa shape index (κ1) is 13.5. The van der Waals surface area contributed by atoms with Crippen molar-refractivity contribution in [2.45, 2.75) is 6.61 Å². The van der Waals surface area contributed by atoms with Crippen molar-refractivity contribution in [3.63, 3.8) is 0 Å². The summed E-state index contributed by atoms with van der Waals surface area (Å²) in [7, 11) is 4.63. The molecule has 2 N–H and O–H groups in total. The van der Waals surface area contributed by atoms with Gasteiger partial charge in [0, 0.05) is 18.2 Å². The molecule has 0 heterocycles. The van der Waals surface area contributed by atoms with Crippen LogP contribution in [0.2, 0.25) is 0 Å². The smallest absolute Gasteiger partial charge is 0.176 e. The minimum atomic E-state index is -0.150. The maximum atomic E-state index is 11.6. The molecule has 0 saturated heterocycles. The van der Waals surface area contributed by atoms with Crippen LogP contribution < -0.4 is 15.2 Å². The summed E-state index contributed by atoms with van der Waals surface area (Å²) >= 11 is 0. The highest BCUT2D eigenvalue weighted by Crippen LogP contribution is 2.33. The van der Waals surface area contributed by atoms with Crippen LogP contribution in [0.1, 0.15) is 15.9 Å². The molecule has 1 aromatic carbocycles. The summed E-state index contributed by atoms with van der Waals surface area (Å²) < 4.78 is 15.5. The zero-order valence-corrected chi connectivity index (χ0v) is 10.3. The lowest BCUT2D eigenvalue weighted by Crippen LogP contribution is -2.14. The monoisotopic (exact) mass is 239 g/mol. The summed E-state index contributed by atoms with van der Waals surface area (Å²) in [6.07, 6.45) is 0. The van der Waals surface area contributed by atoms with E-state index < -0.39 is 0 Å². The summed E-state index contributed by atoms with van der Waals surface area (Å²) in [5, 5.41) is 0. The van der Waals surface area contributed by atoms with E-state index in [1.807, 2.05) is 0 Å². The van der Waals surface area contributed by atoms with E-state index in [9.17, 15) is 4.79 Å². The molecule has 0 bridgehead atoms. The van der Waals surface area contributed by atoms with Crippen molar-refractivity contribution < 1.29 is 19.0 Å². The van der Waals surface area contributed by atoms with Gasteiger partial charge in [0.1, 0.15) is 0 Å². The van der Waals surface area contributed by atoms with Crippen LogP contribution >= 0.6 is 0 Å². The number of Topliss-reactive ketones (excluding diaryl/α,β-unsaturated/α-hetero) is 1. The van der Waals surface area contributed by atoms with Crippen LogP contribution in [-0.4, -0.2) is 33.7 Å². The van der Waals surface area contributed by atoms with Crippen LogP contribution in [0.4, 0.5) is 0 Å². The molecular weight excluding hydrogens is 222 g/mol. The quantitative estimate of drug-likeness (QED) is 0.750. The Morgan fingerprint density at radius 2 is 1.94 bits per heavy atom. The first-order chi connectivity index (χ1) is 8.17. The molecule has 0 fully saturated rings. The number of benzene rings is 1. The van der Waals surface area contributed by atoms with Crippen LogP contribution in [0.25, 0.3) is 0 Å². The van der Waals surface area contributed by atoms with Crippen molar-refractivity contribution in [2.75, 3.05) is 27.9 Å². The lowest BCUT2D eigenvalue weighted by atomic mass is 10.1. The minimum Gasteiger partial charge on any atom is -0.493 e. The fourth-order valence-electron chi connectivity index (χ4n) is 1.58. The molecule has 1 aromatic rings. The standard InChI is InChI=1S/C12H17NO4/c1-15-7-9-4-8(10(14)6-13)5-11(16-2)12(9)17-3/h4-5H,6-7,13H2,1-3H3. The number of ether oxygens (including phenoxy) is 3. The molecule has 0 aliphatic heterocycles. The molecule has 0 aliphatic carbocycles. The van der Waals surface area contributed by atoms with E-state index in [0.717, 1.165) is 5.56 Å². The second-order valence-electron chi connectivity index (χ2n) is 3.43. The number of methoxy groups -OCH3 is 3. The van der Waals surface area contributed by atoms with Crippen molar-refractivity contribution in [1.82, 2.24) is 0 Å². The number of carbonyl (C=O) groups excluding carboxylic acids is 1. The van der Waals surface area contributed by atoms with Crippen molar-refractivity contribution >= 4 is 5.78 Å². The van der Waals surface area contributed by atoms with E-state index in [0.29, 0.717) is 23.7 Å². The summed E-state index contributed by atoms with van der Waals surface area (Å²) in [6.45, 7) is 0.299. The average Bonchev–Trinajstić information content (AvgIpc) is 2.37. The van der Waals surface area contributed by atoms with Gasteiger partial charge in [-0.25, -0.2) is 0 Å². The largest absolute Gasteiger partial charge is 0.493 e. The van der Waals surface area contributed by atoms with Gasteiger partial charge in [0.25, 0.3) is 0 Å². The van der Waals surface area contributed by atoms with Crippen molar-refractivity contribution in [2.24, 2.45) is 5.73 Å². The van der Waals surface area contributed by atoms with E-state index >= 15 is 0 Å². The molecule has 0 aromatic heterocycles. The summed E-state index contributed by atoms with van der Waals surface area (Å²) in [5.41, 5.74) is 6.59. The maximum Gasteiger partial charge on any atom is 0.176 e. The topological polar surface area (TPSA) is 70.8 Å². The second-order valence-corrected chi connectivity index (χ2v) is 3.43. The van der Waals surface area contributed by atoms with Gasteiger partial charge >= 0.3 is 0 Å². The number of carbonyl (C=O) groups is 1. The van der Waals surface area contributed by atoms with Gasteiger partial charge in [-0.15, -0.1) is 0 Å². The first-order valence-corrected chi connectivity index (χ1v) is 5.15. The number of ketones is 1. The average molecular weight is 239 g/mol. The van der Waals surface area contributed by atoms with Gasteiger partial charge in [-0.2, -0.15) is 0 Å². The molecule has 0 aliphatic rings. The molecule has 0 unspecified atom stereocenters. The Balaban J connectivity index is 3.28. The van der Waals surface area contributed by atoms with Crippen LogP contribution in [0.15, 0.2) is 12.1 Å². The Kier molecular flexibility index (Phi) is 4.93. The summed E-state index contributed by atoms with van der Waals surface area (Å²) in [6, 6.07) is 3.33. The van der Waals surface area contributed by atoms with Gasteiger partial charge in [-0.3, -0.25) is 4.79 Å². The maximum absolute atomic E-state index is 11.6. The highest BCUT2D eigenvalue weighted by Gasteiger charge is 2.15. The molecule has 94 valence electrons. The van der Waals surface area contributed by atoms with Gasteiger partial charge in [0.15, 0.2) is 17.3 Å². The highest BCUT2D eigenvalue weighted by atomic mass is 16.5. The fraction of sp³-hybridized carbons (Fsp3) is 0.417. The summed E-state index contributed by atoms with van der Waals surface area (Å²) in [5.74, 6) is 0.921. The zero-order chi connectivity index (χ0) is 12.8. The van der Waals surface area contributed by atoms with E-state index in [2.05, 4.69) is 0 Å². The molecule has 0 saturated carbocycles. The second kappa shape index (κ2) is 6.22. The number of rotatable bonds is 6. The van der Waals surface area contributed by atoms with Crippen molar-refractivity contribution in [3.8, 4) is 11.5 Å². The minimum absolute atomic E-state index is 0.0398. The van der Waals surface area contributed by atoms with Gasteiger partial charge in [-0.1, -0.05) is 0 Å². The van der Waals surface area contributed by atoms with Crippen molar-refractivity contribution in [1.29, 1.82) is 0 Å². The molecule has 17 heavy (non-hydrogen) atoms. The molecule has 0 spiro atoms. The third-order valence-electron chi connectivity index (χ3n) is 2.36. The third kappa shape index (κ3) is 2.95. The molecule has 0 amide bonds. The first-order valence-electron chi connectivity index (χ1n) is 5.15. The van der Waals surface area contributed by atoms with Crippen LogP contribution in [0.3, 0.4) is 0 Å². The van der Waals surface area contributed by atoms with Gasteiger partial charge in [0.2, 0.25) is 0 Å².